The molecule has 0 spiro atoms. The van der Waals surface area contributed by atoms with Gasteiger partial charge in [0, 0.05) is 30.3 Å². The zero-order valence-corrected chi connectivity index (χ0v) is 22.9. The molecule has 7 atom stereocenters. The van der Waals surface area contributed by atoms with E-state index in [-0.39, 0.29) is 38.3 Å². The third kappa shape index (κ3) is 4.42. The van der Waals surface area contributed by atoms with E-state index in [0.717, 1.165) is 0 Å². The van der Waals surface area contributed by atoms with Gasteiger partial charge in [-0.15, -0.1) is 0 Å². The Balaban J connectivity index is 1.84. The lowest BCUT2D eigenvalue weighted by atomic mass is 9.44. The number of fused-ring (bicyclic) bond motifs is 5. The fourth-order valence-corrected chi connectivity index (χ4v) is 7.79. The molecule has 0 saturated heterocycles. The highest BCUT2D eigenvalue weighted by atomic mass is 19.4. The Labute approximate surface area is 229 Å². The summed E-state index contributed by atoms with van der Waals surface area (Å²) >= 11 is 0. The highest BCUT2D eigenvalue weighted by Crippen LogP contribution is 2.71. The molecule has 0 radical (unpaired) electrons. The van der Waals surface area contributed by atoms with Crippen molar-refractivity contribution in [1.82, 2.24) is 0 Å². The van der Waals surface area contributed by atoms with Crippen LogP contribution in [0, 0.1) is 22.7 Å². The van der Waals surface area contributed by atoms with Crippen molar-refractivity contribution in [3.8, 4) is 0 Å². The van der Waals surface area contributed by atoms with Crippen molar-refractivity contribution < 1.29 is 55.7 Å². The Morgan fingerprint density at radius 1 is 1.12 bits per heavy atom. The molecule has 0 N–H and O–H groups in total. The van der Waals surface area contributed by atoms with E-state index in [0.29, 0.717) is 12.0 Å². The maximum absolute atomic E-state index is 17.8. The van der Waals surface area contributed by atoms with E-state index < -0.39 is 77.0 Å². The number of rotatable bonds is 8. The Bertz CT molecular complexity index is 1150. The molecular weight excluding hydrogens is 540 g/mol. The SMILES string of the molecule is CCC(=O)OCC(=O)[C@@]1(OCOC)CC[C@H]2[C@@H]3CCC4=CC(=O)C=C[C@]4(C)[C@@]3(F)[C@H](OC(=O)C(F)(F)F)C[C@@]21C. The fraction of sp³-hybridized carbons (Fsp3) is 0.714. The lowest BCUT2D eigenvalue weighted by molar-refractivity contribution is -0.257. The molecule has 3 fully saturated rings. The van der Waals surface area contributed by atoms with Gasteiger partial charge >= 0.3 is 18.1 Å². The number of allylic oxidation sites excluding steroid dienone is 4. The van der Waals surface area contributed by atoms with Gasteiger partial charge in [-0.05, 0) is 57.1 Å². The molecule has 0 aromatic heterocycles. The van der Waals surface area contributed by atoms with Crippen molar-refractivity contribution in [2.45, 2.75) is 82.8 Å². The largest absolute Gasteiger partial charge is 0.490 e. The Morgan fingerprint density at radius 3 is 2.45 bits per heavy atom. The van der Waals surface area contributed by atoms with Crippen LogP contribution in [-0.2, 0) is 38.1 Å². The van der Waals surface area contributed by atoms with E-state index in [4.69, 9.17) is 18.9 Å². The molecular formula is C28H34F4O8. The number of carbonyl (C=O) groups excluding carboxylic acids is 4. The van der Waals surface area contributed by atoms with Gasteiger partial charge in [-0.3, -0.25) is 14.4 Å². The predicted octanol–water partition coefficient (Wildman–Crippen LogP) is 4.35. The summed E-state index contributed by atoms with van der Waals surface area (Å²) < 4.78 is 79.3. The Kier molecular flexibility index (Phi) is 7.85. The second-order valence-corrected chi connectivity index (χ2v) is 11.5. The first-order chi connectivity index (χ1) is 18.6. The van der Waals surface area contributed by atoms with Crippen LogP contribution in [0.4, 0.5) is 17.6 Å². The van der Waals surface area contributed by atoms with Crippen LogP contribution in [0.2, 0.25) is 0 Å². The summed E-state index contributed by atoms with van der Waals surface area (Å²) in [6.07, 6.45) is -3.17. The lowest BCUT2D eigenvalue weighted by Gasteiger charge is -2.63. The van der Waals surface area contributed by atoms with E-state index in [9.17, 15) is 32.3 Å². The van der Waals surface area contributed by atoms with Gasteiger partial charge in [-0.2, -0.15) is 13.2 Å². The van der Waals surface area contributed by atoms with Crippen LogP contribution in [0.3, 0.4) is 0 Å². The third-order valence-electron chi connectivity index (χ3n) is 9.74. The van der Waals surface area contributed by atoms with Crippen molar-refractivity contribution in [3.63, 3.8) is 0 Å². The molecule has 4 rings (SSSR count). The second-order valence-electron chi connectivity index (χ2n) is 11.5. The van der Waals surface area contributed by atoms with E-state index in [1.807, 2.05) is 0 Å². The average Bonchev–Trinajstić information content (AvgIpc) is 3.18. The summed E-state index contributed by atoms with van der Waals surface area (Å²) in [7, 11) is 1.33. The molecule has 0 amide bonds. The van der Waals surface area contributed by atoms with E-state index in [1.54, 1.807) is 13.8 Å². The van der Waals surface area contributed by atoms with Gasteiger partial charge in [-0.1, -0.05) is 25.5 Å². The van der Waals surface area contributed by atoms with E-state index in [1.165, 1.54) is 32.3 Å². The quantitative estimate of drug-likeness (QED) is 0.239. The van der Waals surface area contributed by atoms with Gasteiger partial charge in [0.05, 0.1) is 0 Å². The molecule has 222 valence electrons. The van der Waals surface area contributed by atoms with Gasteiger partial charge in [0.2, 0.25) is 5.78 Å². The van der Waals surface area contributed by atoms with Crippen LogP contribution < -0.4 is 0 Å². The zero-order valence-electron chi connectivity index (χ0n) is 22.9. The third-order valence-corrected chi connectivity index (χ3v) is 9.74. The molecule has 8 nitrogen and oxygen atoms in total. The van der Waals surface area contributed by atoms with Crippen molar-refractivity contribution in [3.05, 3.63) is 23.8 Å². The molecule has 0 aromatic rings. The molecule has 0 aromatic carbocycles. The molecule has 12 heteroatoms. The molecule has 40 heavy (non-hydrogen) atoms. The molecule has 0 bridgehead atoms. The number of hydrogen-bond acceptors (Lipinski definition) is 8. The van der Waals surface area contributed by atoms with Crippen LogP contribution in [0.5, 0.6) is 0 Å². The average molecular weight is 575 g/mol. The molecule has 4 aliphatic rings. The first-order valence-corrected chi connectivity index (χ1v) is 13.3. The number of methoxy groups -OCH3 is 1. The summed E-state index contributed by atoms with van der Waals surface area (Å²) in [5, 5.41) is 0. The fourth-order valence-electron chi connectivity index (χ4n) is 7.79. The van der Waals surface area contributed by atoms with Crippen LogP contribution in [-0.4, -0.2) is 67.6 Å². The minimum absolute atomic E-state index is 0.0193. The topological polar surface area (TPSA) is 105 Å². The summed E-state index contributed by atoms with van der Waals surface area (Å²) in [4.78, 5) is 49.8. The molecule has 0 heterocycles. The van der Waals surface area contributed by atoms with Crippen LogP contribution >= 0.6 is 0 Å². The van der Waals surface area contributed by atoms with E-state index >= 15 is 4.39 Å². The minimum Gasteiger partial charge on any atom is -0.458 e. The number of hydrogen-bond donors (Lipinski definition) is 0. The number of carbonyl (C=O) groups is 4. The second kappa shape index (κ2) is 10.3. The predicted molar refractivity (Wildman–Crippen MR) is 130 cm³/mol. The molecule has 0 aliphatic heterocycles. The van der Waals surface area contributed by atoms with Crippen molar-refractivity contribution in [1.29, 1.82) is 0 Å². The summed E-state index contributed by atoms with van der Waals surface area (Å²) in [5.74, 6) is -5.69. The van der Waals surface area contributed by atoms with Gasteiger partial charge in [0.15, 0.2) is 18.1 Å². The highest BCUT2D eigenvalue weighted by molar-refractivity contribution is 6.01. The maximum atomic E-state index is 17.8. The van der Waals surface area contributed by atoms with Crippen LogP contribution in [0.25, 0.3) is 0 Å². The highest BCUT2D eigenvalue weighted by Gasteiger charge is 2.76. The first-order valence-electron chi connectivity index (χ1n) is 13.3. The Morgan fingerprint density at radius 2 is 1.82 bits per heavy atom. The maximum Gasteiger partial charge on any atom is 0.490 e. The smallest absolute Gasteiger partial charge is 0.458 e. The summed E-state index contributed by atoms with van der Waals surface area (Å²) in [5.41, 5.74) is -6.65. The van der Waals surface area contributed by atoms with Gasteiger partial charge < -0.3 is 18.9 Å². The Hall–Kier alpha value is -2.60. The molecule has 4 aliphatic carbocycles. The van der Waals surface area contributed by atoms with Gasteiger partial charge in [0.25, 0.3) is 0 Å². The number of ketones is 2. The summed E-state index contributed by atoms with van der Waals surface area (Å²) in [6, 6.07) is 0. The number of esters is 2. The van der Waals surface area contributed by atoms with Gasteiger partial charge in [-0.25, -0.2) is 9.18 Å². The normalized spacial score (nSPS) is 38.5. The number of halogens is 4. The zero-order chi connectivity index (χ0) is 29.7. The number of Topliss-reactive ketones (excluding diaryl/α,β-unsaturated/α-hetero) is 1. The lowest BCUT2D eigenvalue weighted by Crippen LogP contribution is -2.70. The summed E-state index contributed by atoms with van der Waals surface area (Å²) in [6.45, 7) is 3.68. The van der Waals surface area contributed by atoms with Crippen molar-refractivity contribution >= 4 is 23.5 Å². The molecule has 3 saturated carbocycles. The number of ether oxygens (including phenoxy) is 4. The minimum atomic E-state index is -5.39. The van der Waals surface area contributed by atoms with Crippen LogP contribution in [0.1, 0.15) is 59.3 Å². The van der Waals surface area contributed by atoms with E-state index in [2.05, 4.69) is 0 Å². The van der Waals surface area contributed by atoms with Crippen molar-refractivity contribution in [2.24, 2.45) is 22.7 Å². The van der Waals surface area contributed by atoms with Crippen molar-refractivity contribution in [2.75, 3.05) is 20.5 Å². The number of alkyl halides is 4. The monoisotopic (exact) mass is 574 g/mol. The standard InChI is InChI=1S/C28H34F4O8/c1-5-22(35)38-14-20(34)26(39-15-37-4)11-9-18-19-7-6-16-12-17(33)8-10-24(16,2)27(19,29)21(13-25(18,26)3)40-23(36)28(30,31)32/h8,10,12,18-19,21H,5-7,9,11,13-15H2,1-4H3/t18-,19-,21+,24-,25-,26-,27-/m0/s1. The first kappa shape index (κ1) is 30.4. The molecule has 0 unspecified atom stereocenters. The van der Waals surface area contributed by atoms with Crippen LogP contribution in [0.15, 0.2) is 23.8 Å². The van der Waals surface area contributed by atoms with Gasteiger partial charge in [0.1, 0.15) is 18.5 Å².